The van der Waals surface area contributed by atoms with Crippen LogP contribution in [0.2, 0.25) is 0 Å². The normalized spacial score (nSPS) is 11.2. The zero-order chi connectivity index (χ0) is 18.1. The van der Waals surface area contributed by atoms with Gasteiger partial charge in [0.1, 0.15) is 5.69 Å². The molecule has 1 aromatic rings. The van der Waals surface area contributed by atoms with Crippen molar-refractivity contribution in [2.45, 2.75) is 20.3 Å². The van der Waals surface area contributed by atoms with E-state index < -0.39 is 34.5 Å². The van der Waals surface area contributed by atoms with Gasteiger partial charge in [-0.3, -0.25) is 0 Å². The van der Waals surface area contributed by atoms with E-state index in [-0.39, 0.29) is 19.0 Å². The molecule has 0 aliphatic rings. The van der Waals surface area contributed by atoms with Crippen molar-refractivity contribution in [1.29, 1.82) is 0 Å². The van der Waals surface area contributed by atoms with E-state index in [1.807, 2.05) is 18.7 Å². The number of likely N-dealkylation sites (N-methyl/N-ethyl adjacent to an activating group) is 1. The van der Waals surface area contributed by atoms with E-state index in [1.54, 1.807) is 0 Å². The fraction of sp³-hybridized carbons (Fsp3) is 0.529. The third-order valence-electron chi connectivity index (χ3n) is 3.67. The van der Waals surface area contributed by atoms with Crippen LogP contribution >= 0.6 is 12.4 Å². The van der Waals surface area contributed by atoms with Gasteiger partial charge in [-0.1, -0.05) is 26.0 Å². The molecule has 0 atom stereocenters. The van der Waals surface area contributed by atoms with Crippen LogP contribution in [-0.2, 0) is 4.74 Å². The Bertz CT molecular complexity index is 537. The van der Waals surface area contributed by atoms with Crippen LogP contribution in [0.4, 0.5) is 23.2 Å². The lowest BCUT2D eigenvalue weighted by Gasteiger charge is -2.15. The lowest BCUT2D eigenvalue weighted by molar-refractivity contribution is 0.197. The molecule has 25 heavy (non-hydrogen) atoms. The van der Waals surface area contributed by atoms with E-state index in [1.165, 1.54) is 13.2 Å². The Morgan fingerprint density at radius 1 is 1.00 bits per heavy atom. The molecule has 1 aromatic carbocycles. The zero-order valence-electron chi connectivity index (χ0n) is 14.7. The van der Waals surface area contributed by atoms with Crippen LogP contribution in [0.5, 0.6) is 0 Å². The second-order valence-corrected chi connectivity index (χ2v) is 5.21. The largest absolute Gasteiger partial charge is 0.385 e. The molecule has 0 amide bonds. The van der Waals surface area contributed by atoms with Crippen molar-refractivity contribution in [3.05, 3.63) is 34.9 Å². The second kappa shape index (κ2) is 12.1. The minimum atomic E-state index is -1.42. The quantitative estimate of drug-likeness (QED) is 0.366. The number of halogens is 5. The predicted octanol–water partition coefficient (Wildman–Crippen LogP) is 4.47. The van der Waals surface area contributed by atoms with Crippen LogP contribution in [0.25, 0.3) is 6.08 Å². The van der Waals surface area contributed by atoms with Gasteiger partial charge in [0.2, 0.25) is 0 Å². The molecular formula is C17H25ClF4N2O. The molecule has 0 bridgehead atoms. The summed E-state index contributed by atoms with van der Waals surface area (Å²) in [5, 5.41) is 2.38. The highest BCUT2D eigenvalue weighted by molar-refractivity contribution is 5.85. The number of hydrogen-bond donors (Lipinski definition) is 1. The van der Waals surface area contributed by atoms with Gasteiger partial charge in [0.15, 0.2) is 23.3 Å². The molecule has 0 saturated carbocycles. The zero-order valence-corrected chi connectivity index (χ0v) is 15.5. The summed E-state index contributed by atoms with van der Waals surface area (Å²) >= 11 is 0. The summed E-state index contributed by atoms with van der Waals surface area (Å²) in [6, 6.07) is 0. The van der Waals surface area contributed by atoms with Crippen LogP contribution in [0.1, 0.15) is 25.8 Å². The van der Waals surface area contributed by atoms with Gasteiger partial charge >= 0.3 is 0 Å². The van der Waals surface area contributed by atoms with E-state index in [2.05, 4.69) is 5.32 Å². The van der Waals surface area contributed by atoms with Crippen LogP contribution in [0.15, 0.2) is 6.08 Å². The maximum absolute atomic E-state index is 14.1. The Hall–Kier alpha value is -1.31. The van der Waals surface area contributed by atoms with E-state index >= 15 is 0 Å². The van der Waals surface area contributed by atoms with Gasteiger partial charge < -0.3 is 15.0 Å². The van der Waals surface area contributed by atoms with Crippen molar-refractivity contribution in [3.63, 3.8) is 0 Å². The van der Waals surface area contributed by atoms with Crippen LogP contribution in [0, 0.1) is 23.3 Å². The maximum Gasteiger partial charge on any atom is 0.185 e. The number of ether oxygens (including phenoxy) is 1. The van der Waals surface area contributed by atoms with Gasteiger partial charge in [0.05, 0.1) is 5.56 Å². The summed E-state index contributed by atoms with van der Waals surface area (Å²) in [5.74, 6) is -5.65. The molecule has 0 aromatic heterocycles. The smallest absolute Gasteiger partial charge is 0.185 e. The third kappa shape index (κ3) is 6.49. The van der Waals surface area contributed by atoms with E-state index in [0.717, 1.165) is 19.2 Å². The van der Waals surface area contributed by atoms with Gasteiger partial charge in [-0.05, 0) is 19.5 Å². The SMILES string of the molecule is CCN(CC)C/C=C/c1c(F)c(F)c(NCCCOC)c(F)c1F.Cl. The van der Waals surface area contributed by atoms with Gasteiger partial charge in [-0.15, -0.1) is 12.4 Å². The molecule has 144 valence electrons. The second-order valence-electron chi connectivity index (χ2n) is 5.21. The first-order valence-corrected chi connectivity index (χ1v) is 7.95. The molecule has 8 heteroatoms. The number of nitrogens with zero attached hydrogens (tertiary/aromatic N) is 1. The Labute approximate surface area is 152 Å². The number of methoxy groups -OCH3 is 1. The molecular weight excluding hydrogens is 360 g/mol. The molecule has 0 aliphatic heterocycles. The summed E-state index contributed by atoms with van der Waals surface area (Å²) in [4.78, 5) is 1.99. The highest BCUT2D eigenvalue weighted by Gasteiger charge is 2.23. The Morgan fingerprint density at radius 2 is 1.56 bits per heavy atom. The van der Waals surface area contributed by atoms with Crippen LogP contribution in [0.3, 0.4) is 0 Å². The Balaban J connectivity index is 0.00000576. The van der Waals surface area contributed by atoms with Crippen molar-refractivity contribution < 1.29 is 22.3 Å². The highest BCUT2D eigenvalue weighted by Crippen LogP contribution is 2.29. The summed E-state index contributed by atoms with van der Waals surface area (Å²) in [5.41, 5.74) is -1.50. The number of nitrogens with one attached hydrogen (secondary N) is 1. The minimum absolute atomic E-state index is 0. The molecule has 0 aliphatic carbocycles. The molecule has 1 N–H and O–H groups in total. The van der Waals surface area contributed by atoms with Crippen molar-refractivity contribution in [2.24, 2.45) is 0 Å². The summed E-state index contributed by atoms with van der Waals surface area (Å²) in [6.07, 6.45) is 3.01. The molecule has 1 rings (SSSR count). The predicted molar refractivity (Wildman–Crippen MR) is 95.3 cm³/mol. The summed E-state index contributed by atoms with van der Waals surface area (Å²) < 4.78 is 60.9. The average molecular weight is 385 g/mol. The first-order valence-electron chi connectivity index (χ1n) is 7.95. The number of rotatable bonds is 10. The topological polar surface area (TPSA) is 24.5 Å². The number of hydrogen-bond acceptors (Lipinski definition) is 3. The maximum atomic E-state index is 14.1. The van der Waals surface area contributed by atoms with Crippen molar-refractivity contribution in [3.8, 4) is 0 Å². The number of benzene rings is 1. The average Bonchev–Trinajstić information content (AvgIpc) is 2.59. The fourth-order valence-corrected chi connectivity index (χ4v) is 2.18. The Kier molecular flexibility index (Phi) is 11.5. The molecule has 0 heterocycles. The molecule has 0 saturated heterocycles. The molecule has 0 spiro atoms. The van der Waals surface area contributed by atoms with E-state index in [9.17, 15) is 17.6 Å². The Morgan fingerprint density at radius 3 is 2.04 bits per heavy atom. The van der Waals surface area contributed by atoms with Gasteiger partial charge in [0.25, 0.3) is 0 Å². The highest BCUT2D eigenvalue weighted by atomic mass is 35.5. The standard InChI is InChI=1S/C17H24F4N2O.ClH/c1-4-23(5-2)10-6-8-12-13(18)15(20)17(16(21)14(12)19)22-9-7-11-24-3;/h6,8,22H,4-5,7,9-11H2,1-3H3;1H/b8-6+;. The van der Waals surface area contributed by atoms with E-state index in [0.29, 0.717) is 19.6 Å². The minimum Gasteiger partial charge on any atom is -0.385 e. The van der Waals surface area contributed by atoms with Gasteiger partial charge in [-0.2, -0.15) is 0 Å². The van der Waals surface area contributed by atoms with Crippen molar-refractivity contribution >= 4 is 24.2 Å². The monoisotopic (exact) mass is 384 g/mol. The summed E-state index contributed by atoms with van der Waals surface area (Å²) in [6.45, 7) is 6.36. The first-order chi connectivity index (χ1) is 11.5. The van der Waals surface area contributed by atoms with Crippen LogP contribution in [-0.4, -0.2) is 44.8 Å². The van der Waals surface area contributed by atoms with Crippen molar-refractivity contribution in [2.75, 3.05) is 45.2 Å². The molecule has 0 fully saturated rings. The van der Waals surface area contributed by atoms with Crippen molar-refractivity contribution in [1.82, 2.24) is 4.90 Å². The first kappa shape index (κ1) is 23.7. The van der Waals surface area contributed by atoms with Crippen LogP contribution < -0.4 is 5.32 Å². The van der Waals surface area contributed by atoms with Gasteiger partial charge in [-0.25, -0.2) is 17.6 Å². The van der Waals surface area contributed by atoms with Gasteiger partial charge in [0, 0.05) is 26.8 Å². The van der Waals surface area contributed by atoms with E-state index in [4.69, 9.17) is 4.74 Å². The molecule has 3 nitrogen and oxygen atoms in total. The molecule has 0 unspecified atom stereocenters. The fourth-order valence-electron chi connectivity index (χ4n) is 2.18. The third-order valence-corrected chi connectivity index (χ3v) is 3.67. The lowest BCUT2D eigenvalue weighted by atomic mass is 10.1. The number of anilines is 1. The summed E-state index contributed by atoms with van der Waals surface area (Å²) in [7, 11) is 1.49. The lowest BCUT2D eigenvalue weighted by Crippen LogP contribution is -2.22. The molecule has 0 radical (unpaired) electrons.